The second-order valence-corrected chi connectivity index (χ2v) is 12.1. The van der Waals surface area contributed by atoms with Crippen LogP contribution in [-0.4, -0.2) is 0 Å². The maximum absolute atomic E-state index is 2.36. The summed E-state index contributed by atoms with van der Waals surface area (Å²) in [6, 6.07) is 66.5. The maximum Gasteiger partial charge on any atom is -0.00988 e. The Kier molecular flexibility index (Phi) is 6.25. The zero-order chi connectivity index (χ0) is 30.5. The molecule has 0 saturated heterocycles. The van der Waals surface area contributed by atoms with Crippen molar-refractivity contribution in [1.82, 2.24) is 0 Å². The van der Waals surface area contributed by atoms with Gasteiger partial charge < -0.3 is 0 Å². The highest BCUT2D eigenvalue weighted by molar-refractivity contribution is 6.14. The standard InChI is InChI=1S/C46H30/c1-3-16-37-31(11-1)13-10-22-38(37)32-23-25-33(26-24-32)40-27-28-41(44-20-6-5-19-43(40)44)34-14-9-15-35(29-34)46-30-36-12-2-4-17-39(36)42-18-7-8-21-45(42)46/h1-30H. The van der Waals surface area contributed by atoms with E-state index in [0.29, 0.717) is 0 Å². The summed E-state index contributed by atoms with van der Waals surface area (Å²) in [6.45, 7) is 0. The average molecular weight is 583 g/mol. The van der Waals surface area contributed by atoms with Gasteiger partial charge in [-0.3, -0.25) is 0 Å². The molecule has 0 atom stereocenters. The van der Waals surface area contributed by atoms with Gasteiger partial charge in [0.25, 0.3) is 0 Å². The van der Waals surface area contributed by atoms with E-state index in [1.807, 2.05) is 0 Å². The summed E-state index contributed by atoms with van der Waals surface area (Å²) in [5.41, 5.74) is 9.95. The fourth-order valence-corrected chi connectivity index (χ4v) is 7.26. The molecule has 0 heterocycles. The molecule has 0 unspecified atom stereocenters. The Bertz CT molecular complexity index is 2560. The van der Waals surface area contributed by atoms with Crippen LogP contribution < -0.4 is 0 Å². The number of hydrogen-bond donors (Lipinski definition) is 0. The van der Waals surface area contributed by atoms with E-state index in [9.17, 15) is 0 Å². The van der Waals surface area contributed by atoms with E-state index in [4.69, 9.17) is 0 Å². The molecular formula is C46H30. The van der Waals surface area contributed by atoms with E-state index < -0.39 is 0 Å². The van der Waals surface area contributed by atoms with Crippen molar-refractivity contribution >= 4 is 43.1 Å². The molecule has 0 N–H and O–H groups in total. The minimum absolute atomic E-state index is 1.23. The average Bonchev–Trinajstić information content (AvgIpc) is 3.14. The third-order valence-electron chi connectivity index (χ3n) is 9.47. The van der Waals surface area contributed by atoms with Crippen LogP contribution in [0.15, 0.2) is 182 Å². The maximum atomic E-state index is 2.36. The van der Waals surface area contributed by atoms with Gasteiger partial charge in [-0.1, -0.05) is 170 Å². The predicted molar refractivity (Wildman–Crippen MR) is 198 cm³/mol. The van der Waals surface area contributed by atoms with Gasteiger partial charge >= 0.3 is 0 Å². The van der Waals surface area contributed by atoms with Crippen LogP contribution >= 0.6 is 0 Å². The zero-order valence-corrected chi connectivity index (χ0v) is 25.3. The van der Waals surface area contributed by atoms with Crippen molar-refractivity contribution in [1.29, 1.82) is 0 Å². The van der Waals surface area contributed by atoms with Crippen LogP contribution in [0.1, 0.15) is 0 Å². The third kappa shape index (κ3) is 4.38. The van der Waals surface area contributed by atoms with Gasteiger partial charge in [-0.15, -0.1) is 0 Å². The quantitative estimate of drug-likeness (QED) is 0.181. The fraction of sp³-hybridized carbons (Fsp3) is 0. The third-order valence-corrected chi connectivity index (χ3v) is 9.47. The number of hydrogen-bond acceptors (Lipinski definition) is 0. The Morgan fingerprint density at radius 2 is 0.630 bits per heavy atom. The molecule has 214 valence electrons. The van der Waals surface area contributed by atoms with Gasteiger partial charge in [0.2, 0.25) is 0 Å². The van der Waals surface area contributed by atoms with Crippen molar-refractivity contribution in [2.45, 2.75) is 0 Å². The highest BCUT2D eigenvalue weighted by atomic mass is 14.2. The van der Waals surface area contributed by atoms with Gasteiger partial charge in [-0.05, 0) is 99.7 Å². The van der Waals surface area contributed by atoms with E-state index in [1.165, 1.54) is 87.6 Å². The monoisotopic (exact) mass is 582 g/mol. The molecular weight excluding hydrogens is 553 g/mol. The number of benzene rings is 9. The first-order chi connectivity index (χ1) is 22.8. The van der Waals surface area contributed by atoms with Crippen LogP contribution in [0.3, 0.4) is 0 Å². The first-order valence-corrected chi connectivity index (χ1v) is 15.9. The van der Waals surface area contributed by atoms with E-state index in [1.54, 1.807) is 0 Å². The molecule has 0 bridgehead atoms. The highest BCUT2D eigenvalue weighted by Gasteiger charge is 2.13. The number of rotatable bonds is 4. The van der Waals surface area contributed by atoms with Crippen molar-refractivity contribution in [2.24, 2.45) is 0 Å². The van der Waals surface area contributed by atoms with Crippen molar-refractivity contribution in [3.8, 4) is 44.5 Å². The topological polar surface area (TPSA) is 0 Å². The highest BCUT2D eigenvalue weighted by Crippen LogP contribution is 2.40. The lowest BCUT2D eigenvalue weighted by Crippen LogP contribution is -1.88. The van der Waals surface area contributed by atoms with Crippen LogP contribution in [0.25, 0.3) is 87.6 Å². The second kappa shape index (κ2) is 10.9. The molecule has 9 aromatic rings. The largest absolute Gasteiger partial charge is 0.0616 e. The Morgan fingerprint density at radius 1 is 0.196 bits per heavy atom. The first kappa shape index (κ1) is 26.4. The zero-order valence-electron chi connectivity index (χ0n) is 25.3. The van der Waals surface area contributed by atoms with Crippen LogP contribution in [0.4, 0.5) is 0 Å². The van der Waals surface area contributed by atoms with Crippen molar-refractivity contribution < 1.29 is 0 Å². The summed E-state index contributed by atoms with van der Waals surface area (Å²) in [7, 11) is 0. The van der Waals surface area contributed by atoms with Gasteiger partial charge in [0.15, 0.2) is 0 Å². The molecule has 0 nitrogen and oxygen atoms in total. The fourth-order valence-electron chi connectivity index (χ4n) is 7.26. The minimum atomic E-state index is 1.23. The molecule has 0 heteroatoms. The molecule has 0 aromatic heterocycles. The van der Waals surface area contributed by atoms with Crippen molar-refractivity contribution in [2.75, 3.05) is 0 Å². The molecule has 0 saturated carbocycles. The molecule has 9 aromatic carbocycles. The molecule has 0 aliphatic heterocycles. The predicted octanol–water partition coefficient (Wildman–Crippen LogP) is 13.0. The normalized spacial score (nSPS) is 11.5. The van der Waals surface area contributed by atoms with E-state index >= 15 is 0 Å². The summed E-state index contributed by atoms with van der Waals surface area (Å²) in [4.78, 5) is 0. The van der Waals surface area contributed by atoms with Crippen LogP contribution in [-0.2, 0) is 0 Å². The molecule has 0 fully saturated rings. The summed E-state index contributed by atoms with van der Waals surface area (Å²) in [5.74, 6) is 0. The molecule has 0 aliphatic rings. The van der Waals surface area contributed by atoms with E-state index in [-0.39, 0.29) is 0 Å². The summed E-state index contributed by atoms with van der Waals surface area (Å²) in [6.07, 6.45) is 0. The van der Waals surface area contributed by atoms with Crippen molar-refractivity contribution in [3.63, 3.8) is 0 Å². The summed E-state index contributed by atoms with van der Waals surface area (Å²) >= 11 is 0. The van der Waals surface area contributed by atoms with Crippen molar-refractivity contribution in [3.05, 3.63) is 182 Å². The Morgan fingerprint density at radius 3 is 1.30 bits per heavy atom. The van der Waals surface area contributed by atoms with Crippen LogP contribution in [0, 0.1) is 0 Å². The van der Waals surface area contributed by atoms with Crippen LogP contribution in [0.5, 0.6) is 0 Å². The van der Waals surface area contributed by atoms with E-state index in [0.717, 1.165) is 0 Å². The second-order valence-electron chi connectivity index (χ2n) is 12.1. The lowest BCUT2D eigenvalue weighted by atomic mass is 9.89. The van der Waals surface area contributed by atoms with Crippen LogP contribution in [0.2, 0.25) is 0 Å². The summed E-state index contributed by atoms with van der Waals surface area (Å²) < 4.78 is 0. The van der Waals surface area contributed by atoms with E-state index in [2.05, 4.69) is 182 Å². The first-order valence-electron chi connectivity index (χ1n) is 15.9. The molecule has 9 rings (SSSR count). The lowest BCUT2D eigenvalue weighted by Gasteiger charge is -2.15. The van der Waals surface area contributed by atoms with Gasteiger partial charge in [0.1, 0.15) is 0 Å². The molecule has 0 amide bonds. The van der Waals surface area contributed by atoms with Gasteiger partial charge in [-0.2, -0.15) is 0 Å². The Labute approximate surface area is 268 Å². The Hall–Kier alpha value is -5.98. The van der Waals surface area contributed by atoms with Gasteiger partial charge in [-0.25, -0.2) is 0 Å². The number of fused-ring (bicyclic) bond motifs is 5. The molecule has 0 aliphatic carbocycles. The minimum Gasteiger partial charge on any atom is -0.0616 e. The Balaban J connectivity index is 1.14. The molecule has 0 spiro atoms. The molecule has 0 radical (unpaired) electrons. The van der Waals surface area contributed by atoms with Gasteiger partial charge in [0.05, 0.1) is 0 Å². The lowest BCUT2D eigenvalue weighted by molar-refractivity contribution is 1.61. The SMILES string of the molecule is c1cc(-c2ccc(-c3ccc(-c4cccc5ccccc45)cc3)c3ccccc23)cc(-c2cc3ccccc3c3ccccc23)c1. The van der Waals surface area contributed by atoms with Gasteiger partial charge in [0, 0.05) is 0 Å². The summed E-state index contributed by atoms with van der Waals surface area (Å²) in [5, 5.41) is 10.2. The smallest absolute Gasteiger partial charge is 0.00988 e. The molecule has 46 heavy (non-hydrogen) atoms.